The molecule has 1 fully saturated rings. The molecule has 0 radical (unpaired) electrons. The van der Waals surface area contributed by atoms with Gasteiger partial charge in [-0.2, -0.15) is 0 Å². The van der Waals surface area contributed by atoms with Crippen molar-refractivity contribution in [3.63, 3.8) is 0 Å². The molecule has 1 heterocycles. The highest BCUT2D eigenvalue weighted by molar-refractivity contribution is 5.95. The molecule has 108 valence electrons. The maximum Gasteiger partial charge on any atom is 0.311 e. The fourth-order valence-corrected chi connectivity index (χ4v) is 2.36. The maximum absolute atomic E-state index is 12.3. The molecule has 0 aliphatic carbocycles. The normalized spacial score (nSPS) is 16.0. The summed E-state index contributed by atoms with van der Waals surface area (Å²) in [7, 11) is 1.37. The summed E-state index contributed by atoms with van der Waals surface area (Å²) in [6, 6.07) is 4.34. The van der Waals surface area contributed by atoms with Crippen molar-refractivity contribution in [3.8, 4) is 5.75 Å². The van der Waals surface area contributed by atoms with Crippen molar-refractivity contribution in [2.45, 2.75) is 19.8 Å². The Morgan fingerprint density at radius 2 is 2.05 bits per heavy atom. The molecule has 1 aliphatic heterocycles. The Bertz CT molecular complexity index is 522. The Morgan fingerprint density at radius 3 is 2.60 bits per heavy atom. The van der Waals surface area contributed by atoms with Crippen molar-refractivity contribution >= 4 is 11.6 Å². The molecular weight excluding hydrogens is 260 g/mol. The summed E-state index contributed by atoms with van der Waals surface area (Å²) in [4.78, 5) is 24.5. The van der Waals surface area contributed by atoms with Gasteiger partial charge in [-0.3, -0.25) is 14.9 Å². The fraction of sp³-hybridized carbons (Fsp3) is 0.500. The van der Waals surface area contributed by atoms with E-state index in [1.54, 1.807) is 11.0 Å². The van der Waals surface area contributed by atoms with Gasteiger partial charge in [-0.25, -0.2) is 0 Å². The molecular formula is C14H18N2O4. The molecule has 0 atom stereocenters. The van der Waals surface area contributed by atoms with Crippen LogP contribution in [0.25, 0.3) is 0 Å². The number of carbonyl (C=O) groups is 1. The number of methoxy groups -OCH3 is 1. The van der Waals surface area contributed by atoms with E-state index in [4.69, 9.17) is 4.74 Å². The molecule has 20 heavy (non-hydrogen) atoms. The fourth-order valence-electron chi connectivity index (χ4n) is 2.36. The largest absolute Gasteiger partial charge is 0.490 e. The first-order chi connectivity index (χ1) is 9.52. The lowest BCUT2D eigenvalue weighted by Gasteiger charge is -2.30. The first-order valence-corrected chi connectivity index (χ1v) is 6.64. The van der Waals surface area contributed by atoms with Gasteiger partial charge in [0, 0.05) is 24.7 Å². The molecule has 6 nitrogen and oxygen atoms in total. The topological polar surface area (TPSA) is 72.7 Å². The average molecular weight is 278 g/mol. The third kappa shape index (κ3) is 2.89. The molecule has 1 amide bonds. The van der Waals surface area contributed by atoms with Gasteiger partial charge in [0.1, 0.15) is 0 Å². The summed E-state index contributed by atoms with van der Waals surface area (Å²) in [6.07, 6.45) is 1.95. The second kappa shape index (κ2) is 5.90. The third-order valence-electron chi connectivity index (χ3n) is 3.69. The van der Waals surface area contributed by atoms with E-state index in [1.165, 1.54) is 19.2 Å². The number of hydrogen-bond acceptors (Lipinski definition) is 4. The Morgan fingerprint density at radius 1 is 1.40 bits per heavy atom. The number of nitrogens with zero attached hydrogens (tertiary/aromatic N) is 2. The van der Waals surface area contributed by atoms with E-state index in [0.29, 0.717) is 24.6 Å². The number of hydrogen-bond donors (Lipinski definition) is 0. The first kappa shape index (κ1) is 14.3. The summed E-state index contributed by atoms with van der Waals surface area (Å²) in [5, 5.41) is 11.0. The van der Waals surface area contributed by atoms with E-state index in [1.807, 2.05) is 0 Å². The first-order valence-electron chi connectivity index (χ1n) is 6.64. The average Bonchev–Trinajstić information content (AvgIpc) is 2.46. The molecule has 0 bridgehead atoms. The van der Waals surface area contributed by atoms with Gasteiger partial charge in [0.2, 0.25) is 0 Å². The van der Waals surface area contributed by atoms with E-state index >= 15 is 0 Å². The van der Waals surface area contributed by atoms with Gasteiger partial charge in [-0.05, 0) is 30.9 Å². The van der Waals surface area contributed by atoms with Crippen molar-refractivity contribution in [1.29, 1.82) is 0 Å². The minimum Gasteiger partial charge on any atom is -0.490 e. The molecule has 1 aromatic carbocycles. The summed E-state index contributed by atoms with van der Waals surface area (Å²) in [5.74, 6) is 0.644. The molecule has 0 spiro atoms. The number of ether oxygens (including phenoxy) is 1. The van der Waals surface area contributed by atoms with Gasteiger partial charge in [-0.15, -0.1) is 0 Å². The monoisotopic (exact) mass is 278 g/mol. The van der Waals surface area contributed by atoms with Crippen LogP contribution >= 0.6 is 0 Å². The second-order valence-corrected chi connectivity index (χ2v) is 5.12. The van der Waals surface area contributed by atoms with Crippen LogP contribution in [-0.2, 0) is 0 Å². The zero-order chi connectivity index (χ0) is 14.7. The maximum atomic E-state index is 12.3. The molecule has 1 saturated heterocycles. The summed E-state index contributed by atoms with van der Waals surface area (Å²) >= 11 is 0. The molecule has 0 N–H and O–H groups in total. The van der Waals surface area contributed by atoms with Gasteiger partial charge < -0.3 is 9.64 Å². The van der Waals surface area contributed by atoms with Gasteiger partial charge >= 0.3 is 5.69 Å². The Hall–Kier alpha value is -2.11. The van der Waals surface area contributed by atoms with Gasteiger partial charge in [0.15, 0.2) is 5.75 Å². The lowest BCUT2D eigenvalue weighted by atomic mass is 9.98. The van der Waals surface area contributed by atoms with Crippen molar-refractivity contribution in [2.24, 2.45) is 5.92 Å². The molecule has 0 unspecified atom stereocenters. The van der Waals surface area contributed by atoms with E-state index < -0.39 is 4.92 Å². The van der Waals surface area contributed by atoms with Crippen LogP contribution in [0.4, 0.5) is 5.69 Å². The summed E-state index contributed by atoms with van der Waals surface area (Å²) < 4.78 is 4.93. The standard InChI is InChI=1S/C14H18N2O4/c1-10-5-7-15(8-6-10)14(17)11-3-4-13(20-2)12(9-11)16(18)19/h3-4,9-10H,5-8H2,1-2H3. The van der Waals surface area contributed by atoms with Gasteiger partial charge in [0.05, 0.1) is 12.0 Å². The van der Waals surface area contributed by atoms with Crippen molar-refractivity contribution < 1.29 is 14.5 Å². The van der Waals surface area contributed by atoms with Crippen LogP contribution in [0.3, 0.4) is 0 Å². The molecule has 2 rings (SSSR count). The molecule has 1 aromatic rings. The molecule has 0 saturated carbocycles. The van der Waals surface area contributed by atoms with Crippen molar-refractivity contribution in [3.05, 3.63) is 33.9 Å². The minimum absolute atomic E-state index is 0.150. The minimum atomic E-state index is -0.534. The van der Waals surface area contributed by atoms with E-state index in [0.717, 1.165) is 12.8 Å². The number of nitro benzene ring substituents is 1. The summed E-state index contributed by atoms with van der Waals surface area (Å²) in [5.41, 5.74) is 0.163. The number of benzene rings is 1. The van der Waals surface area contributed by atoms with Crippen LogP contribution < -0.4 is 4.74 Å². The van der Waals surface area contributed by atoms with Gasteiger partial charge in [-0.1, -0.05) is 6.92 Å². The van der Waals surface area contributed by atoms with Crippen LogP contribution in [0.1, 0.15) is 30.1 Å². The quantitative estimate of drug-likeness (QED) is 0.629. The Labute approximate surface area is 117 Å². The van der Waals surface area contributed by atoms with Crippen LogP contribution in [0.15, 0.2) is 18.2 Å². The highest BCUT2D eigenvalue weighted by Gasteiger charge is 2.24. The van der Waals surface area contributed by atoms with E-state index in [-0.39, 0.29) is 17.3 Å². The molecule has 6 heteroatoms. The number of rotatable bonds is 3. The van der Waals surface area contributed by atoms with Crippen LogP contribution in [-0.4, -0.2) is 35.9 Å². The lowest BCUT2D eigenvalue weighted by molar-refractivity contribution is -0.385. The highest BCUT2D eigenvalue weighted by atomic mass is 16.6. The Balaban J connectivity index is 2.22. The molecule has 1 aliphatic rings. The zero-order valence-corrected chi connectivity index (χ0v) is 11.7. The predicted molar refractivity (Wildman–Crippen MR) is 73.9 cm³/mol. The van der Waals surface area contributed by atoms with Gasteiger partial charge in [0.25, 0.3) is 5.91 Å². The number of likely N-dealkylation sites (tertiary alicyclic amines) is 1. The number of piperidine rings is 1. The number of amides is 1. The van der Waals surface area contributed by atoms with Crippen LogP contribution in [0, 0.1) is 16.0 Å². The van der Waals surface area contributed by atoms with Crippen LogP contribution in [0.2, 0.25) is 0 Å². The Kier molecular flexibility index (Phi) is 4.22. The zero-order valence-electron chi connectivity index (χ0n) is 11.7. The SMILES string of the molecule is COc1ccc(C(=O)N2CCC(C)CC2)cc1[N+](=O)[O-]. The van der Waals surface area contributed by atoms with Crippen molar-refractivity contribution in [1.82, 2.24) is 4.90 Å². The van der Waals surface area contributed by atoms with Crippen LogP contribution in [0.5, 0.6) is 5.75 Å². The van der Waals surface area contributed by atoms with E-state index in [2.05, 4.69) is 6.92 Å². The lowest BCUT2D eigenvalue weighted by Crippen LogP contribution is -2.37. The smallest absolute Gasteiger partial charge is 0.311 e. The van der Waals surface area contributed by atoms with E-state index in [9.17, 15) is 14.9 Å². The molecule has 0 aromatic heterocycles. The highest BCUT2D eigenvalue weighted by Crippen LogP contribution is 2.28. The summed E-state index contributed by atoms with van der Waals surface area (Å²) in [6.45, 7) is 3.58. The van der Waals surface area contributed by atoms with Crippen molar-refractivity contribution in [2.75, 3.05) is 20.2 Å². The number of nitro groups is 1. The third-order valence-corrected chi connectivity index (χ3v) is 3.69. The predicted octanol–water partition coefficient (Wildman–Crippen LogP) is 2.48. The second-order valence-electron chi connectivity index (χ2n) is 5.12. The number of carbonyl (C=O) groups excluding carboxylic acids is 1.